The molecular formula is C12H12F3N3OS2. The van der Waals surface area contributed by atoms with E-state index in [9.17, 15) is 13.2 Å². The molecular weight excluding hydrogens is 323 g/mol. The third-order valence-corrected chi connectivity index (χ3v) is 4.45. The lowest BCUT2D eigenvalue weighted by Gasteiger charge is -2.04. The maximum Gasteiger partial charge on any atom is 0.398 e. The summed E-state index contributed by atoms with van der Waals surface area (Å²) in [6.45, 7) is 0.516. The minimum absolute atomic E-state index is 0.296. The number of nitrogens with zero attached hydrogens (tertiary/aromatic N) is 2. The molecule has 0 radical (unpaired) electrons. The van der Waals surface area contributed by atoms with Crippen LogP contribution in [0, 0.1) is 0 Å². The molecule has 0 spiro atoms. The molecule has 1 N–H and O–H groups in total. The van der Waals surface area contributed by atoms with E-state index in [2.05, 4.69) is 15.5 Å². The van der Waals surface area contributed by atoms with E-state index in [1.165, 1.54) is 0 Å². The molecule has 1 aromatic heterocycles. The number of alkyl halides is 3. The van der Waals surface area contributed by atoms with Crippen LogP contribution in [0.1, 0.15) is 5.56 Å². The maximum atomic E-state index is 12.1. The molecule has 0 saturated heterocycles. The largest absolute Gasteiger partial charge is 0.497 e. The van der Waals surface area contributed by atoms with Crippen molar-refractivity contribution in [3.05, 3.63) is 29.8 Å². The third kappa shape index (κ3) is 5.43. The van der Waals surface area contributed by atoms with Crippen LogP contribution < -0.4 is 10.1 Å². The van der Waals surface area contributed by atoms with Crippen molar-refractivity contribution in [2.24, 2.45) is 0 Å². The van der Waals surface area contributed by atoms with Gasteiger partial charge in [0.25, 0.3) is 0 Å². The minimum atomic E-state index is -4.20. The van der Waals surface area contributed by atoms with Gasteiger partial charge in [0, 0.05) is 6.54 Å². The molecule has 2 rings (SSSR count). The fourth-order valence-electron chi connectivity index (χ4n) is 1.40. The molecule has 0 unspecified atom stereocenters. The Hall–Kier alpha value is -1.48. The van der Waals surface area contributed by atoms with Crippen LogP contribution in [-0.2, 0) is 6.54 Å². The van der Waals surface area contributed by atoms with Gasteiger partial charge >= 0.3 is 6.18 Å². The van der Waals surface area contributed by atoms with Crippen LogP contribution in [0.25, 0.3) is 0 Å². The molecule has 0 aliphatic rings. The standard InChI is InChI=1S/C12H12F3N3OS2/c1-19-9-4-2-8(3-5-9)6-16-10-17-18-11(21-10)20-7-12(13,14)15/h2-5H,6-7H2,1H3,(H,16,17). The van der Waals surface area contributed by atoms with Gasteiger partial charge in [-0.25, -0.2) is 0 Å². The van der Waals surface area contributed by atoms with Gasteiger partial charge in [-0.2, -0.15) is 13.2 Å². The number of hydrogen-bond acceptors (Lipinski definition) is 6. The summed E-state index contributed by atoms with van der Waals surface area (Å²) in [7, 11) is 1.59. The van der Waals surface area contributed by atoms with Gasteiger partial charge in [-0.05, 0) is 17.7 Å². The highest BCUT2D eigenvalue weighted by atomic mass is 32.2. The first-order chi connectivity index (χ1) is 9.96. The first-order valence-electron chi connectivity index (χ1n) is 5.86. The van der Waals surface area contributed by atoms with Gasteiger partial charge in [-0.15, -0.1) is 10.2 Å². The van der Waals surface area contributed by atoms with E-state index in [1.807, 2.05) is 24.3 Å². The van der Waals surface area contributed by atoms with Gasteiger partial charge in [-0.1, -0.05) is 35.2 Å². The first kappa shape index (κ1) is 15.9. The lowest BCUT2D eigenvalue weighted by molar-refractivity contribution is -0.105. The van der Waals surface area contributed by atoms with Gasteiger partial charge in [0.05, 0.1) is 12.9 Å². The summed E-state index contributed by atoms with van der Waals surface area (Å²) >= 11 is 1.74. The third-order valence-electron chi connectivity index (χ3n) is 2.37. The summed E-state index contributed by atoms with van der Waals surface area (Å²) < 4.78 is 41.6. The number of nitrogens with one attached hydrogen (secondary N) is 1. The number of anilines is 1. The molecule has 1 aromatic carbocycles. The Bertz CT molecular complexity index is 572. The van der Waals surface area contributed by atoms with Crippen LogP contribution in [-0.4, -0.2) is 29.2 Å². The number of methoxy groups -OCH3 is 1. The predicted molar refractivity (Wildman–Crippen MR) is 77.0 cm³/mol. The topological polar surface area (TPSA) is 47.0 Å². The Morgan fingerprint density at radius 1 is 1.24 bits per heavy atom. The van der Waals surface area contributed by atoms with E-state index in [0.29, 0.717) is 27.8 Å². The van der Waals surface area contributed by atoms with Gasteiger partial charge < -0.3 is 10.1 Å². The molecule has 0 bridgehead atoms. The van der Waals surface area contributed by atoms with Crippen molar-refractivity contribution in [3.63, 3.8) is 0 Å². The van der Waals surface area contributed by atoms with E-state index in [0.717, 1.165) is 22.6 Å². The van der Waals surface area contributed by atoms with Crippen LogP contribution in [0.2, 0.25) is 0 Å². The molecule has 0 aliphatic carbocycles. The number of benzene rings is 1. The molecule has 0 atom stereocenters. The number of ether oxygens (including phenoxy) is 1. The van der Waals surface area contributed by atoms with Crippen molar-refractivity contribution in [3.8, 4) is 5.75 Å². The van der Waals surface area contributed by atoms with Crippen LogP contribution in [0.3, 0.4) is 0 Å². The van der Waals surface area contributed by atoms with Crippen LogP contribution in [0.5, 0.6) is 5.75 Å². The predicted octanol–water partition coefficient (Wildman–Crippen LogP) is 3.81. The highest BCUT2D eigenvalue weighted by Gasteiger charge is 2.28. The highest BCUT2D eigenvalue weighted by Crippen LogP contribution is 2.30. The smallest absolute Gasteiger partial charge is 0.398 e. The van der Waals surface area contributed by atoms with Gasteiger partial charge in [0.2, 0.25) is 5.13 Å². The molecule has 0 saturated carbocycles. The Kier molecular flexibility index (Phi) is 5.29. The number of aromatic nitrogens is 2. The summed E-state index contributed by atoms with van der Waals surface area (Å²) in [5.41, 5.74) is 1.01. The second-order valence-electron chi connectivity index (χ2n) is 3.98. The zero-order valence-corrected chi connectivity index (χ0v) is 12.6. The van der Waals surface area contributed by atoms with E-state index >= 15 is 0 Å². The summed E-state index contributed by atoms with van der Waals surface area (Å²) in [5.74, 6) is -0.194. The lowest BCUT2D eigenvalue weighted by atomic mass is 10.2. The Morgan fingerprint density at radius 3 is 2.57 bits per heavy atom. The molecule has 0 fully saturated rings. The maximum absolute atomic E-state index is 12.1. The number of halogens is 3. The molecule has 1 heterocycles. The van der Waals surface area contributed by atoms with Crippen molar-refractivity contribution in [2.75, 3.05) is 18.2 Å². The monoisotopic (exact) mass is 335 g/mol. The quantitative estimate of drug-likeness (QED) is 0.814. The number of thioether (sulfide) groups is 1. The normalized spacial score (nSPS) is 11.4. The summed E-state index contributed by atoms with van der Waals surface area (Å²) in [4.78, 5) is 0. The lowest BCUT2D eigenvalue weighted by Crippen LogP contribution is -2.10. The Morgan fingerprint density at radius 2 is 1.95 bits per heavy atom. The summed E-state index contributed by atoms with van der Waals surface area (Å²) in [6, 6.07) is 7.46. The van der Waals surface area contributed by atoms with Gasteiger partial charge in [0.15, 0.2) is 4.34 Å². The van der Waals surface area contributed by atoms with Gasteiger partial charge in [-0.3, -0.25) is 0 Å². The molecule has 2 aromatic rings. The molecule has 114 valence electrons. The number of hydrogen-bond donors (Lipinski definition) is 1. The van der Waals surface area contributed by atoms with Crippen molar-refractivity contribution < 1.29 is 17.9 Å². The van der Waals surface area contributed by atoms with Crippen molar-refractivity contribution in [1.82, 2.24) is 10.2 Å². The Labute approximate surface area is 127 Å². The second-order valence-corrected chi connectivity index (χ2v) is 6.18. The Balaban J connectivity index is 1.84. The average Bonchev–Trinajstić information content (AvgIpc) is 2.91. The summed E-state index contributed by atoms with van der Waals surface area (Å²) in [6.07, 6.45) is -4.20. The van der Waals surface area contributed by atoms with E-state index in [1.54, 1.807) is 7.11 Å². The zero-order chi connectivity index (χ0) is 15.3. The highest BCUT2D eigenvalue weighted by molar-refractivity contribution is 8.01. The van der Waals surface area contributed by atoms with Crippen molar-refractivity contribution in [2.45, 2.75) is 17.1 Å². The minimum Gasteiger partial charge on any atom is -0.497 e. The molecule has 4 nitrogen and oxygen atoms in total. The average molecular weight is 335 g/mol. The summed E-state index contributed by atoms with van der Waals surface area (Å²) in [5, 5.41) is 11.0. The van der Waals surface area contributed by atoms with Gasteiger partial charge in [0.1, 0.15) is 5.75 Å². The molecule has 0 aliphatic heterocycles. The SMILES string of the molecule is COc1ccc(CNc2nnc(SCC(F)(F)F)s2)cc1. The number of rotatable bonds is 6. The van der Waals surface area contributed by atoms with Crippen LogP contribution in [0.4, 0.5) is 18.3 Å². The zero-order valence-electron chi connectivity index (χ0n) is 11.0. The van der Waals surface area contributed by atoms with Crippen LogP contribution >= 0.6 is 23.1 Å². The van der Waals surface area contributed by atoms with Crippen molar-refractivity contribution >= 4 is 28.2 Å². The molecule has 0 amide bonds. The fraction of sp³-hybridized carbons (Fsp3) is 0.333. The molecule has 9 heteroatoms. The fourth-order valence-corrected chi connectivity index (χ4v) is 2.91. The first-order valence-corrected chi connectivity index (χ1v) is 7.66. The van der Waals surface area contributed by atoms with E-state index in [4.69, 9.17) is 4.74 Å². The second kappa shape index (κ2) is 6.99. The van der Waals surface area contributed by atoms with Crippen LogP contribution in [0.15, 0.2) is 28.6 Å². The molecule has 21 heavy (non-hydrogen) atoms. The van der Waals surface area contributed by atoms with E-state index < -0.39 is 11.9 Å². The van der Waals surface area contributed by atoms with Crippen molar-refractivity contribution in [1.29, 1.82) is 0 Å². The van der Waals surface area contributed by atoms with E-state index in [-0.39, 0.29) is 0 Å².